The first kappa shape index (κ1) is 18.9. The van der Waals surface area contributed by atoms with Crippen molar-refractivity contribution in [3.8, 4) is 17.4 Å². The Labute approximate surface area is 150 Å². The Hall–Kier alpha value is -3.40. The average molecular weight is 354 g/mol. The van der Waals surface area contributed by atoms with Gasteiger partial charge in [0.2, 0.25) is 0 Å². The van der Waals surface area contributed by atoms with E-state index in [1.165, 1.54) is 18.2 Å². The van der Waals surface area contributed by atoms with Crippen molar-refractivity contribution in [2.45, 2.75) is 26.2 Å². The molecule has 134 valence electrons. The molecule has 1 aromatic carbocycles. The maximum atomic E-state index is 11.9. The van der Waals surface area contributed by atoms with Crippen LogP contribution >= 0.6 is 0 Å². The van der Waals surface area contributed by atoms with Crippen molar-refractivity contribution in [2.75, 3.05) is 6.61 Å². The summed E-state index contributed by atoms with van der Waals surface area (Å²) in [7, 11) is 0. The molecule has 0 fully saturated rings. The summed E-state index contributed by atoms with van der Waals surface area (Å²) in [6.45, 7) is 2.32. The standard InChI is InChI=1S/C19H18N2O5/c1-2-3-4-11-25-19(22)15(13-20)12-17-9-10-18(26-17)14-5-7-16(8-6-14)21(23)24/h5-10,12H,2-4,11H2,1H3. The molecule has 1 heterocycles. The lowest BCUT2D eigenvalue weighted by Gasteiger charge is -2.02. The van der Waals surface area contributed by atoms with Crippen LogP contribution in [0.1, 0.15) is 31.9 Å². The molecule has 26 heavy (non-hydrogen) atoms. The molecule has 2 rings (SSSR count). The molecular weight excluding hydrogens is 336 g/mol. The van der Waals surface area contributed by atoms with Gasteiger partial charge < -0.3 is 9.15 Å². The summed E-state index contributed by atoms with van der Waals surface area (Å²) in [6.07, 6.45) is 4.04. The number of benzene rings is 1. The van der Waals surface area contributed by atoms with E-state index in [-0.39, 0.29) is 17.9 Å². The van der Waals surface area contributed by atoms with E-state index in [2.05, 4.69) is 0 Å². The van der Waals surface area contributed by atoms with Crippen LogP contribution in [0.3, 0.4) is 0 Å². The van der Waals surface area contributed by atoms with Gasteiger partial charge in [-0.25, -0.2) is 4.79 Å². The third-order valence-electron chi connectivity index (χ3n) is 3.60. The number of hydrogen-bond donors (Lipinski definition) is 0. The van der Waals surface area contributed by atoms with Gasteiger partial charge in [-0.15, -0.1) is 0 Å². The molecule has 0 aliphatic carbocycles. The smallest absolute Gasteiger partial charge is 0.349 e. The van der Waals surface area contributed by atoms with E-state index < -0.39 is 10.9 Å². The van der Waals surface area contributed by atoms with Crippen LogP contribution in [0.2, 0.25) is 0 Å². The molecule has 0 bridgehead atoms. The zero-order chi connectivity index (χ0) is 18.9. The number of non-ortho nitro benzene ring substituents is 1. The summed E-state index contributed by atoms with van der Waals surface area (Å²) >= 11 is 0. The van der Waals surface area contributed by atoms with E-state index in [4.69, 9.17) is 14.4 Å². The lowest BCUT2D eigenvalue weighted by atomic mass is 10.1. The highest BCUT2D eigenvalue weighted by Crippen LogP contribution is 2.25. The lowest BCUT2D eigenvalue weighted by Crippen LogP contribution is -2.07. The van der Waals surface area contributed by atoms with Crippen molar-refractivity contribution in [3.63, 3.8) is 0 Å². The Morgan fingerprint density at radius 1 is 1.27 bits per heavy atom. The molecule has 0 unspecified atom stereocenters. The molecule has 0 spiro atoms. The normalized spacial score (nSPS) is 11.0. The second-order valence-electron chi connectivity index (χ2n) is 5.52. The number of unbranched alkanes of at least 4 members (excludes halogenated alkanes) is 2. The van der Waals surface area contributed by atoms with Crippen molar-refractivity contribution in [1.29, 1.82) is 5.26 Å². The maximum Gasteiger partial charge on any atom is 0.349 e. The molecule has 0 aliphatic rings. The summed E-state index contributed by atoms with van der Waals surface area (Å²) in [5.74, 6) is 0.108. The van der Waals surface area contributed by atoms with Crippen LogP contribution in [0.25, 0.3) is 17.4 Å². The zero-order valence-corrected chi connectivity index (χ0v) is 14.3. The Kier molecular flexibility index (Phi) is 6.68. The largest absolute Gasteiger partial charge is 0.462 e. The van der Waals surface area contributed by atoms with E-state index in [9.17, 15) is 14.9 Å². The summed E-state index contributed by atoms with van der Waals surface area (Å²) < 4.78 is 10.7. The molecule has 0 saturated heterocycles. The first-order valence-electron chi connectivity index (χ1n) is 8.18. The number of carbonyl (C=O) groups excluding carboxylic acids is 1. The van der Waals surface area contributed by atoms with Crippen LogP contribution in [0.15, 0.2) is 46.4 Å². The van der Waals surface area contributed by atoms with E-state index in [1.54, 1.807) is 24.3 Å². The van der Waals surface area contributed by atoms with Crippen molar-refractivity contribution >= 4 is 17.7 Å². The van der Waals surface area contributed by atoms with Crippen LogP contribution in [0.5, 0.6) is 0 Å². The van der Waals surface area contributed by atoms with Crippen molar-refractivity contribution in [1.82, 2.24) is 0 Å². The topological polar surface area (TPSA) is 106 Å². The maximum absolute atomic E-state index is 11.9. The number of hydrogen-bond acceptors (Lipinski definition) is 6. The number of ether oxygens (including phenoxy) is 1. The van der Waals surface area contributed by atoms with E-state index in [1.807, 2.05) is 13.0 Å². The molecule has 0 aliphatic heterocycles. The van der Waals surface area contributed by atoms with Gasteiger partial charge in [0.1, 0.15) is 23.2 Å². The molecule has 7 heteroatoms. The van der Waals surface area contributed by atoms with Gasteiger partial charge in [-0.3, -0.25) is 10.1 Å². The number of furan rings is 1. The van der Waals surface area contributed by atoms with E-state index in [0.717, 1.165) is 19.3 Å². The number of nitro groups is 1. The molecule has 0 N–H and O–H groups in total. The van der Waals surface area contributed by atoms with Crippen molar-refractivity contribution in [3.05, 3.63) is 57.8 Å². The molecule has 2 aromatic rings. The highest BCUT2D eigenvalue weighted by molar-refractivity contribution is 5.97. The first-order valence-corrected chi connectivity index (χ1v) is 8.18. The van der Waals surface area contributed by atoms with Gasteiger partial charge in [-0.05, 0) is 30.7 Å². The summed E-state index contributed by atoms with van der Waals surface area (Å²) in [4.78, 5) is 22.1. The van der Waals surface area contributed by atoms with Crippen molar-refractivity contribution in [2.24, 2.45) is 0 Å². The first-order chi connectivity index (χ1) is 12.5. The minimum atomic E-state index is -0.683. The zero-order valence-electron chi connectivity index (χ0n) is 14.3. The monoisotopic (exact) mass is 354 g/mol. The van der Waals surface area contributed by atoms with E-state index in [0.29, 0.717) is 17.1 Å². The van der Waals surface area contributed by atoms with Gasteiger partial charge >= 0.3 is 5.97 Å². The number of nitrogens with zero attached hydrogens (tertiary/aromatic N) is 2. The van der Waals surface area contributed by atoms with Gasteiger partial charge in [0.05, 0.1) is 11.5 Å². The number of carbonyl (C=O) groups is 1. The Morgan fingerprint density at radius 3 is 2.62 bits per heavy atom. The van der Waals surface area contributed by atoms with Crippen LogP contribution in [0.4, 0.5) is 5.69 Å². The van der Waals surface area contributed by atoms with Crippen LogP contribution < -0.4 is 0 Å². The quantitative estimate of drug-likeness (QED) is 0.173. The summed E-state index contributed by atoms with van der Waals surface area (Å²) in [5.41, 5.74) is 0.486. The van der Waals surface area contributed by atoms with Crippen LogP contribution in [-0.2, 0) is 9.53 Å². The molecule has 0 atom stereocenters. The average Bonchev–Trinajstić information content (AvgIpc) is 3.11. The van der Waals surface area contributed by atoms with Gasteiger partial charge in [0, 0.05) is 23.8 Å². The summed E-state index contributed by atoms with van der Waals surface area (Å²) in [6, 6.07) is 11.0. The Balaban J connectivity index is 2.09. The minimum Gasteiger partial charge on any atom is -0.462 e. The number of nitro benzene ring substituents is 1. The second-order valence-corrected chi connectivity index (χ2v) is 5.52. The number of esters is 1. The van der Waals surface area contributed by atoms with E-state index >= 15 is 0 Å². The Morgan fingerprint density at radius 2 is 2.00 bits per heavy atom. The molecule has 0 saturated carbocycles. The predicted molar refractivity (Wildman–Crippen MR) is 94.9 cm³/mol. The minimum absolute atomic E-state index is 0.0157. The van der Waals surface area contributed by atoms with Crippen LogP contribution in [0, 0.1) is 21.4 Å². The third-order valence-corrected chi connectivity index (χ3v) is 3.60. The molecule has 0 amide bonds. The van der Waals surface area contributed by atoms with Gasteiger partial charge in [-0.2, -0.15) is 5.26 Å². The summed E-state index contributed by atoms with van der Waals surface area (Å²) in [5, 5.41) is 19.8. The fraction of sp³-hybridized carbons (Fsp3) is 0.263. The Bertz CT molecular complexity index is 844. The second kappa shape index (κ2) is 9.18. The SMILES string of the molecule is CCCCCOC(=O)C(C#N)=Cc1ccc(-c2ccc([N+](=O)[O-])cc2)o1. The molecule has 1 aromatic heterocycles. The van der Waals surface area contributed by atoms with Gasteiger partial charge in [-0.1, -0.05) is 19.8 Å². The van der Waals surface area contributed by atoms with Gasteiger partial charge in [0.15, 0.2) is 0 Å². The number of rotatable bonds is 8. The fourth-order valence-electron chi connectivity index (χ4n) is 2.21. The molecule has 7 nitrogen and oxygen atoms in total. The highest BCUT2D eigenvalue weighted by Gasteiger charge is 2.13. The molecular formula is C19H18N2O5. The number of nitriles is 1. The lowest BCUT2D eigenvalue weighted by molar-refractivity contribution is -0.384. The van der Waals surface area contributed by atoms with Crippen LogP contribution in [-0.4, -0.2) is 17.5 Å². The van der Waals surface area contributed by atoms with Crippen molar-refractivity contribution < 1.29 is 18.9 Å². The third kappa shape index (κ3) is 5.05. The molecule has 0 radical (unpaired) electrons. The highest BCUT2D eigenvalue weighted by atomic mass is 16.6. The fourth-order valence-corrected chi connectivity index (χ4v) is 2.21. The predicted octanol–water partition coefficient (Wildman–Crippen LogP) is 4.50. The van der Waals surface area contributed by atoms with Gasteiger partial charge in [0.25, 0.3) is 5.69 Å².